The first kappa shape index (κ1) is 14.2. The van der Waals surface area contributed by atoms with Crippen LogP contribution in [0.15, 0.2) is 30.5 Å². The summed E-state index contributed by atoms with van der Waals surface area (Å²) in [5.41, 5.74) is 0. The smallest absolute Gasteiger partial charge is 0.266 e. The molecule has 0 saturated heterocycles. The first-order valence-corrected chi connectivity index (χ1v) is 6.63. The predicted octanol–water partition coefficient (Wildman–Crippen LogP) is 2.27. The van der Waals surface area contributed by atoms with E-state index in [1.165, 1.54) is 23.5 Å². The molecule has 0 aliphatic rings. The highest BCUT2D eigenvalue weighted by atomic mass is 32.1. The van der Waals surface area contributed by atoms with Crippen molar-refractivity contribution in [3.05, 3.63) is 46.0 Å². The van der Waals surface area contributed by atoms with Crippen molar-refractivity contribution in [2.24, 2.45) is 0 Å². The number of hydrogen-bond donors (Lipinski definition) is 2. The maximum Gasteiger partial charge on any atom is 0.266 e. The number of carbonyl (C=O) groups is 1. The fourth-order valence-electron chi connectivity index (χ4n) is 1.36. The Morgan fingerprint density at radius 2 is 2.25 bits per heavy atom. The molecule has 0 fully saturated rings. The number of aliphatic hydroxyl groups is 1. The van der Waals surface area contributed by atoms with E-state index in [0.29, 0.717) is 11.3 Å². The minimum Gasteiger partial charge on any atom is -0.395 e. The maximum atomic E-state index is 12.7. The van der Waals surface area contributed by atoms with Gasteiger partial charge in [0.15, 0.2) is 0 Å². The molecule has 1 amide bonds. The van der Waals surface area contributed by atoms with Gasteiger partial charge in [-0.3, -0.25) is 4.79 Å². The van der Waals surface area contributed by atoms with Crippen molar-refractivity contribution in [1.82, 2.24) is 4.98 Å². The van der Waals surface area contributed by atoms with Gasteiger partial charge < -0.3 is 10.4 Å². The van der Waals surface area contributed by atoms with E-state index >= 15 is 0 Å². The van der Waals surface area contributed by atoms with Crippen LogP contribution in [0, 0.1) is 17.7 Å². The van der Waals surface area contributed by atoms with Crippen LogP contribution in [-0.4, -0.2) is 22.6 Å². The van der Waals surface area contributed by atoms with E-state index in [1.54, 1.807) is 12.1 Å². The third-order valence-corrected chi connectivity index (χ3v) is 3.25. The van der Waals surface area contributed by atoms with Crippen molar-refractivity contribution in [2.75, 3.05) is 11.9 Å². The topological polar surface area (TPSA) is 62.2 Å². The molecule has 2 aromatic rings. The third-order valence-electron chi connectivity index (χ3n) is 2.25. The Labute approximate surface area is 119 Å². The minimum atomic E-state index is -0.458. The van der Waals surface area contributed by atoms with Crippen LogP contribution in [0.4, 0.5) is 10.2 Å². The van der Waals surface area contributed by atoms with Gasteiger partial charge in [-0.15, -0.1) is 11.3 Å². The summed E-state index contributed by atoms with van der Waals surface area (Å²) in [6.07, 6.45) is 1.44. The van der Waals surface area contributed by atoms with Gasteiger partial charge in [0, 0.05) is 6.42 Å². The van der Waals surface area contributed by atoms with Crippen LogP contribution < -0.4 is 5.32 Å². The third kappa shape index (κ3) is 3.88. The van der Waals surface area contributed by atoms with E-state index in [2.05, 4.69) is 22.1 Å². The molecule has 0 spiro atoms. The number of hydrogen-bond acceptors (Lipinski definition) is 4. The second-order valence-corrected chi connectivity index (χ2v) is 4.84. The fourth-order valence-corrected chi connectivity index (χ4v) is 2.14. The Hall–Kier alpha value is -2.23. The fraction of sp³-hybridized carbons (Fsp3) is 0.143. The second-order valence-electron chi connectivity index (χ2n) is 3.76. The normalized spacial score (nSPS) is 9.70. The quantitative estimate of drug-likeness (QED) is 0.852. The molecule has 2 heterocycles. The van der Waals surface area contributed by atoms with Crippen molar-refractivity contribution >= 4 is 23.1 Å². The second kappa shape index (κ2) is 6.80. The highest BCUT2D eigenvalue weighted by molar-refractivity contribution is 7.14. The average molecular weight is 290 g/mol. The Kier molecular flexibility index (Phi) is 4.82. The van der Waals surface area contributed by atoms with Crippen LogP contribution in [0.1, 0.15) is 21.0 Å². The highest BCUT2D eigenvalue weighted by Gasteiger charge is 2.09. The largest absolute Gasteiger partial charge is 0.395 e. The van der Waals surface area contributed by atoms with Crippen molar-refractivity contribution in [3.8, 4) is 11.8 Å². The van der Waals surface area contributed by atoms with Crippen LogP contribution >= 0.6 is 11.3 Å². The summed E-state index contributed by atoms with van der Waals surface area (Å²) in [7, 11) is 0. The summed E-state index contributed by atoms with van der Waals surface area (Å²) in [6.45, 7) is 0.0158. The van der Waals surface area contributed by atoms with Crippen molar-refractivity contribution in [3.63, 3.8) is 0 Å². The summed E-state index contributed by atoms with van der Waals surface area (Å²) in [4.78, 5) is 16.9. The molecular weight excluding hydrogens is 279 g/mol. The Bertz CT molecular complexity index is 656. The molecule has 2 rings (SSSR count). The van der Waals surface area contributed by atoms with E-state index in [9.17, 15) is 9.18 Å². The first-order chi connectivity index (χ1) is 9.69. The zero-order valence-electron chi connectivity index (χ0n) is 10.4. The molecule has 0 saturated carbocycles. The van der Waals surface area contributed by atoms with Gasteiger partial charge in [0.1, 0.15) is 11.6 Å². The molecule has 0 aliphatic heterocycles. The van der Waals surface area contributed by atoms with E-state index in [4.69, 9.17) is 5.11 Å². The van der Waals surface area contributed by atoms with Crippen molar-refractivity contribution in [2.45, 2.75) is 6.42 Å². The van der Waals surface area contributed by atoms with Gasteiger partial charge in [-0.25, -0.2) is 9.37 Å². The number of nitrogens with zero attached hydrogens (tertiary/aromatic N) is 1. The molecule has 20 heavy (non-hydrogen) atoms. The summed E-state index contributed by atoms with van der Waals surface area (Å²) in [5.74, 6) is 5.16. The molecule has 0 unspecified atom stereocenters. The van der Waals surface area contributed by atoms with E-state index < -0.39 is 5.82 Å². The lowest BCUT2D eigenvalue weighted by Crippen LogP contribution is -2.11. The Balaban J connectivity index is 2.03. The van der Waals surface area contributed by atoms with Gasteiger partial charge in [0.2, 0.25) is 0 Å². The highest BCUT2D eigenvalue weighted by Crippen LogP contribution is 2.17. The SMILES string of the molecule is O=C(Nc1ccc(F)cn1)c1ccc(C#CCCO)s1. The molecule has 2 N–H and O–H groups in total. The lowest BCUT2D eigenvalue weighted by atomic mass is 10.3. The number of amides is 1. The molecule has 0 bridgehead atoms. The van der Waals surface area contributed by atoms with Crippen LogP contribution in [0.5, 0.6) is 0 Å². The lowest BCUT2D eigenvalue weighted by molar-refractivity contribution is 0.103. The molecule has 6 heteroatoms. The summed E-state index contributed by atoms with van der Waals surface area (Å²) in [5, 5.41) is 11.2. The number of thiophene rings is 1. The number of rotatable bonds is 3. The number of aromatic nitrogens is 1. The summed E-state index contributed by atoms with van der Waals surface area (Å²) in [6, 6.07) is 6.01. The van der Waals surface area contributed by atoms with Crippen LogP contribution in [0.3, 0.4) is 0 Å². The standard InChI is InChI=1S/C14H11FN2O2S/c15-10-4-7-13(16-9-10)17-14(19)12-6-5-11(20-12)3-1-2-8-18/h4-7,9,18H,2,8H2,(H,16,17,19). The van der Waals surface area contributed by atoms with Crippen LogP contribution in [0.25, 0.3) is 0 Å². The molecule has 102 valence electrons. The number of anilines is 1. The van der Waals surface area contributed by atoms with Crippen LogP contribution in [-0.2, 0) is 0 Å². The molecule has 0 aromatic carbocycles. The average Bonchev–Trinajstić information content (AvgIpc) is 2.91. The molecule has 4 nitrogen and oxygen atoms in total. The van der Waals surface area contributed by atoms with Gasteiger partial charge in [-0.2, -0.15) is 0 Å². The molecule has 0 aliphatic carbocycles. The predicted molar refractivity (Wildman–Crippen MR) is 75.0 cm³/mol. The number of halogens is 1. The molecule has 2 aromatic heterocycles. The number of pyridine rings is 1. The number of nitrogens with one attached hydrogen (secondary N) is 1. The van der Waals surface area contributed by atoms with Crippen molar-refractivity contribution in [1.29, 1.82) is 0 Å². The minimum absolute atomic E-state index is 0.0158. The van der Waals surface area contributed by atoms with Crippen molar-refractivity contribution < 1.29 is 14.3 Å². The lowest BCUT2D eigenvalue weighted by Gasteiger charge is -2.01. The van der Waals surface area contributed by atoms with E-state index in [-0.39, 0.29) is 18.3 Å². The molecular formula is C14H11FN2O2S. The first-order valence-electron chi connectivity index (χ1n) is 5.81. The van der Waals surface area contributed by atoms with E-state index in [1.807, 2.05) is 0 Å². The monoisotopic (exact) mass is 290 g/mol. The van der Waals surface area contributed by atoms with Gasteiger partial charge in [0.25, 0.3) is 5.91 Å². The number of aliphatic hydroxyl groups excluding tert-OH is 1. The van der Waals surface area contributed by atoms with Gasteiger partial charge in [0.05, 0.1) is 22.6 Å². The summed E-state index contributed by atoms with van der Waals surface area (Å²) < 4.78 is 12.7. The zero-order valence-corrected chi connectivity index (χ0v) is 11.2. The number of carbonyl (C=O) groups excluding carboxylic acids is 1. The zero-order chi connectivity index (χ0) is 14.4. The van der Waals surface area contributed by atoms with Crippen LogP contribution in [0.2, 0.25) is 0 Å². The van der Waals surface area contributed by atoms with Gasteiger partial charge >= 0.3 is 0 Å². The Morgan fingerprint density at radius 3 is 2.95 bits per heavy atom. The Morgan fingerprint density at radius 1 is 1.40 bits per heavy atom. The maximum absolute atomic E-state index is 12.7. The van der Waals surface area contributed by atoms with Gasteiger partial charge in [-0.1, -0.05) is 11.8 Å². The van der Waals surface area contributed by atoms with Gasteiger partial charge in [-0.05, 0) is 24.3 Å². The summed E-state index contributed by atoms with van der Waals surface area (Å²) >= 11 is 1.24. The molecule has 0 radical (unpaired) electrons. The van der Waals surface area contributed by atoms with E-state index in [0.717, 1.165) is 11.1 Å². The molecule has 0 atom stereocenters.